The van der Waals surface area contributed by atoms with Gasteiger partial charge in [-0.3, -0.25) is 14.5 Å². The molecule has 3 heterocycles. The zero-order chi connectivity index (χ0) is 19.4. The molecule has 9 heteroatoms. The summed E-state index contributed by atoms with van der Waals surface area (Å²) in [5.74, 6) is 0.390. The van der Waals surface area contributed by atoms with Gasteiger partial charge in [-0.2, -0.15) is 0 Å². The highest BCUT2D eigenvalue weighted by Gasteiger charge is 2.21. The fourth-order valence-corrected chi connectivity index (χ4v) is 3.92. The van der Waals surface area contributed by atoms with Crippen LogP contribution in [0.5, 0.6) is 0 Å². The van der Waals surface area contributed by atoms with Gasteiger partial charge in [-0.15, -0.1) is 11.3 Å². The predicted molar refractivity (Wildman–Crippen MR) is 107 cm³/mol. The molecule has 0 unspecified atom stereocenters. The van der Waals surface area contributed by atoms with Gasteiger partial charge in [0.2, 0.25) is 11.8 Å². The van der Waals surface area contributed by atoms with Crippen LogP contribution in [-0.4, -0.2) is 52.9 Å². The molecule has 8 nitrogen and oxygen atoms in total. The van der Waals surface area contributed by atoms with Crippen molar-refractivity contribution in [1.29, 1.82) is 0 Å². The first-order valence-electron chi connectivity index (χ1n) is 8.84. The second-order valence-electron chi connectivity index (χ2n) is 6.64. The number of hydrogen-bond donors (Lipinski definition) is 2. The Kier molecular flexibility index (Phi) is 6.02. The van der Waals surface area contributed by atoms with Gasteiger partial charge in [-0.25, -0.2) is 9.97 Å². The molecule has 0 atom stereocenters. The highest BCUT2D eigenvalue weighted by atomic mass is 32.1. The Labute approximate surface area is 162 Å². The summed E-state index contributed by atoms with van der Waals surface area (Å²) in [5.41, 5.74) is 2.03. The van der Waals surface area contributed by atoms with Gasteiger partial charge in [0.15, 0.2) is 10.9 Å². The van der Waals surface area contributed by atoms with Gasteiger partial charge in [-0.05, 0) is 18.6 Å². The molecule has 1 aliphatic rings. The van der Waals surface area contributed by atoms with Crippen LogP contribution in [-0.2, 0) is 16.1 Å². The number of anilines is 3. The normalized spacial score (nSPS) is 14.9. The lowest BCUT2D eigenvalue weighted by atomic mass is 10.2. The monoisotopic (exact) mass is 388 g/mol. The molecule has 1 aliphatic heterocycles. The van der Waals surface area contributed by atoms with Crippen LogP contribution in [0.4, 0.5) is 16.6 Å². The lowest BCUT2D eigenvalue weighted by molar-refractivity contribution is -0.115. The largest absolute Gasteiger partial charge is 0.366 e. The van der Waals surface area contributed by atoms with Crippen molar-refractivity contribution in [3.8, 4) is 0 Å². The smallest absolute Gasteiger partial charge is 0.223 e. The van der Waals surface area contributed by atoms with E-state index in [0.717, 1.165) is 48.9 Å². The number of hydrogen-bond acceptors (Lipinski definition) is 7. The van der Waals surface area contributed by atoms with Crippen molar-refractivity contribution in [3.63, 3.8) is 0 Å². The summed E-state index contributed by atoms with van der Waals surface area (Å²) >= 11 is 1.51. The lowest BCUT2D eigenvalue weighted by Gasteiger charge is -2.36. The van der Waals surface area contributed by atoms with Crippen molar-refractivity contribution >= 4 is 39.8 Å². The number of carbonyl (C=O) groups excluding carboxylic acids is 2. The van der Waals surface area contributed by atoms with Crippen LogP contribution in [0.1, 0.15) is 24.3 Å². The molecule has 144 valence electrons. The van der Waals surface area contributed by atoms with Gasteiger partial charge in [-0.1, -0.05) is 0 Å². The molecule has 2 N–H and O–H groups in total. The fourth-order valence-electron chi connectivity index (χ4n) is 3.01. The van der Waals surface area contributed by atoms with Crippen LogP contribution < -0.4 is 15.5 Å². The molecule has 2 amide bonds. The third kappa shape index (κ3) is 5.24. The zero-order valence-electron chi connectivity index (χ0n) is 15.8. The number of aryl methyl sites for hydroxylation is 1. The molecule has 2 aromatic rings. The standard InChI is InChI=1S/C18H24N6O2S/c1-12-8-16(17(19-9-12)21-13(2)25)24-6-4-23(5-7-24)11-15-10-20-18(27-15)22-14(3)26/h8-10H,4-7,11H2,1-3H3,(H,19,21,25)(H,20,22,26). The molecule has 0 radical (unpaired) electrons. The number of carbonyl (C=O) groups is 2. The van der Waals surface area contributed by atoms with Crippen LogP contribution in [0, 0.1) is 6.92 Å². The van der Waals surface area contributed by atoms with Crippen molar-refractivity contribution in [2.75, 3.05) is 41.7 Å². The maximum atomic E-state index is 11.4. The maximum Gasteiger partial charge on any atom is 0.223 e. The second kappa shape index (κ2) is 8.45. The van der Waals surface area contributed by atoms with Crippen molar-refractivity contribution in [2.24, 2.45) is 0 Å². The number of nitrogens with one attached hydrogen (secondary N) is 2. The average Bonchev–Trinajstić information content (AvgIpc) is 3.03. The summed E-state index contributed by atoms with van der Waals surface area (Å²) in [6.45, 7) is 9.31. The molecule has 0 bridgehead atoms. The van der Waals surface area contributed by atoms with Gasteiger partial charge in [0.1, 0.15) is 0 Å². The van der Waals surface area contributed by atoms with E-state index in [2.05, 4.69) is 36.5 Å². The minimum absolute atomic E-state index is 0.105. The predicted octanol–water partition coefficient (Wildman–Crippen LogP) is 2.09. The van der Waals surface area contributed by atoms with E-state index in [9.17, 15) is 9.59 Å². The van der Waals surface area contributed by atoms with Crippen LogP contribution in [0.25, 0.3) is 0 Å². The third-order valence-electron chi connectivity index (χ3n) is 4.23. The van der Waals surface area contributed by atoms with Gasteiger partial charge in [0.25, 0.3) is 0 Å². The number of rotatable bonds is 5. The molecule has 0 spiro atoms. The summed E-state index contributed by atoms with van der Waals surface area (Å²) in [6, 6.07) is 2.07. The first-order chi connectivity index (χ1) is 12.9. The molecule has 0 saturated carbocycles. The van der Waals surface area contributed by atoms with Crippen molar-refractivity contribution in [2.45, 2.75) is 27.3 Å². The Bertz CT molecular complexity index is 829. The van der Waals surface area contributed by atoms with E-state index in [1.165, 1.54) is 25.2 Å². The molecule has 0 aliphatic carbocycles. The van der Waals surface area contributed by atoms with Gasteiger partial charge >= 0.3 is 0 Å². The van der Waals surface area contributed by atoms with E-state index >= 15 is 0 Å². The lowest BCUT2D eigenvalue weighted by Crippen LogP contribution is -2.46. The van der Waals surface area contributed by atoms with Crippen LogP contribution in [0.15, 0.2) is 18.5 Å². The van der Waals surface area contributed by atoms with Crippen LogP contribution in [0.2, 0.25) is 0 Å². The van der Waals surface area contributed by atoms with Crippen molar-refractivity contribution in [1.82, 2.24) is 14.9 Å². The molecule has 1 fully saturated rings. The Balaban J connectivity index is 1.60. The van der Waals surface area contributed by atoms with E-state index in [-0.39, 0.29) is 11.8 Å². The van der Waals surface area contributed by atoms with E-state index in [0.29, 0.717) is 10.9 Å². The van der Waals surface area contributed by atoms with Gasteiger partial charge in [0.05, 0.1) is 5.69 Å². The topological polar surface area (TPSA) is 90.5 Å². The SMILES string of the molecule is CC(=O)Nc1ncc(CN2CCN(c3cc(C)cnc3NC(C)=O)CC2)s1. The number of thiazole rings is 1. The van der Waals surface area contributed by atoms with Crippen molar-refractivity contribution in [3.05, 3.63) is 28.9 Å². The summed E-state index contributed by atoms with van der Waals surface area (Å²) in [6.07, 6.45) is 3.59. The molecule has 1 saturated heterocycles. The summed E-state index contributed by atoms with van der Waals surface area (Å²) in [4.78, 5) is 36.9. The van der Waals surface area contributed by atoms with Crippen LogP contribution >= 0.6 is 11.3 Å². The number of aromatic nitrogens is 2. The Morgan fingerprint density at radius 3 is 2.44 bits per heavy atom. The molecular formula is C18H24N6O2S. The Morgan fingerprint density at radius 1 is 1.07 bits per heavy atom. The summed E-state index contributed by atoms with van der Waals surface area (Å²) in [7, 11) is 0. The van der Waals surface area contributed by atoms with E-state index in [4.69, 9.17) is 0 Å². The Hall–Kier alpha value is -2.52. The van der Waals surface area contributed by atoms with E-state index in [1.807, 2.05) is 13.1 Å². The molecule has 2 aromatic heterocycles. The summed E-state index contributed by atoms with van der Waals surface area (Å²) in [5, 5.41) is 6.18. The average molecular weight is 388 g/mol. The zero-order valence-corrected chi connectivity index (χ0v) is 16.6. The molecule has 27 heavy (non-hydrogen) atoms. The highest BCUT2D eigenvalue weighted by molar-refractivity contribution is 7.15. The van der Waals surface area contributed by atoms with Crippen LogP contribution in [0.3, 0.4) is 0 Å². The van der Waals surface area contributed by atoms with Gasteiger partial charge < -0.3 is 15.5 Å². The number of amides is 2. The first-order valence-corrected chi connectivity index (χ1v) is 9.66. The second-order valence-corrected chi connectivity index (χ2v) is 7.75. The number of nitrogens with zero attached hydrogens (tertiary/aromatic N) is 4. The molecule has 3 rings (SSSR count). The maximum absolute atomic E-state index is 11.4. The van der Waals surface area contributed by atoms with E-state index < -0.39 is 0 Å². The number of piperazine rings is 1. The summed E-state index contributed by atoms with van der Waals surface area (Å²) < 4.78 is 0. The molecular weight excluding hydrogens is 364 g/mol. The van der Waals surface area contributed by atoms with Gasteiger partial charge in [0, 0.05) is 63.8 Å². The quantitative estimate of drug-likeness (QED) is 0.815. The first kappa shape index (κ1) is 19.2. The molecule has 0 aromatic carbocycles. The minimum atomic E-state index is -0.119. The van der Waals surface area contributed by atoms with Crippen molar-refractivity contribution < 1.29 is 9.59 Å². The van der Waals surface area contributed by atoms with E-state index in [1.54, 1.807) is 6.20 Å². The fraction of sp³-hybridized carbons (Fsp3) is 0.444. The number of pyridine rings is 1. The minimum Gasteiger partial charge on any atom is -0.366 e. The third-order valence-corrected chi connectivity index (χ3v) is 5.13. The Morgan fingerprint density at radius 2 is 1.78 bits per heavy atom. The highest BCUT2D eigenvalue weighted by Crippen LogP contribution is 2.27.